The van der Waals surface area contributed by atoms with Gasteiger partial charge < -0.3 is 4.98 Å². The van der Waals surface area contributed by atoms with Crippen LogP contribution >= 0.6 is 11.8 Å². The highest BCUT2D eigenvalue weighted by molar-refractivity contribution is 7.99. The molecule has 1 unspecified atom stereocenters. The van der Waals surface area contributed by atoms with Gasteiger partial charge in [-0.3, -0.25) is 4.79 Å². The first kappa shape index (κ1) is 15.5. The van der Waals surface area contributed by atoms with Gasteiger partial charge in [-0.2, -0.15) is 4.68 Å². The van der Waals surface area contributed by atoms with Crippen molar-refractivity contribution in [2.75, 3.05) is 0 Å². The van der Waals surface area contributed by atoms with Gasteiger partial charge in [0.15, 0.2) is 0 Å². The topological polar surface area (TPSA) is 89.3 Å². The number of thioether (sulfide) groups is 1. The Bertz CT molecular complexity index is 1080. The molecule has 0 saturated carbocycles. The third-order valence-corrected chi connectivity index (χ3v) is 4.78. The van der Waals surface area contributed by atoms with E-state index in [0.29, 0.717) is 21.9 Å². The van der Waals surface area contributed by atoms with E-state index in [2.05, 4.69) is 25.5 Å². The largest absolute Gasteiger partial charge is 0.309 e. The standard InChI is InChI=1S/C17H14N6OS/c1-11(15-18-14-10-6-5-9-13(14)16(24)19-15)25-17-20-21-22-23(17)12-7-3-2-4-8-12/h2-11H,1H3,(H,18,19,24). The van der Waals surface area contributed by atoms with Crippen molar-refractivity contribution < 1.29 is 0 Å². The lowest BCUT2D eigenvalue weighted by atomic mass is 10.2. The quantitative estimate of drug-likeness (QED) is 0.569. The number of aromatic nitrogens is 6. The minimum atomic E-state index is -0.143. The van der Waals surface area contributed by atoms with E-state index in [9.17, 15) is 4.79 Å². The summed E-state index contributed by atoms with van der Waals surface area (Å²) in [6, 6.07) is 16.9. The van der Waals surface area contributed by atoms with Crippen molar-refractivity contribution in [3.63, 3.8) is 0 Å². The van der Waals surface area contributed by atoms with Crippen LogP contribution in [0.2, 0.25) is 0 Å². The Kier molecular flexibility index (Phi) is 4.02. The molecule has 4 aromatic rings. The van der Waals surface area contributed by atoms with Crippen LogP contribution < -0.4 is 5.56 Å². The zero-order valence-electron chi connectivity index (χ0n) is 13.3. The average Bonchev–Trinajstić information content (AvgIpc) is 3.10. The predicted octanol–water partition coefficient (Wildman–Crippen LogP) is 2.75. The van der Waals surface area contributed by atoms with E-state index < -0.39 is 0 Å². The van der Waals surface area contributed by atoms with Crippen LogP contribution in [0.3, 0.4) is 0 Å². The second-order valence-electron chi connectivity index (χ2n) is 5.44. The number of fused-ring (bicyclic) bond motifs is 1. The summed E-state index contributed by atoms with van der Waals surface area (Å²) < 4.78 is 1.67. The average molecular weight is 350 g/mol. The molecule has 7 nitrogen and oxygen atoms in total. The minimum Gasteiger partial charge on any atom is -0.309 e. The van der Waals surface area contributed by atoms with Crippen molar-refractivity contribution >= 4 is 22.7 Å². The van der Waals surface area contributed by atoms with E-state index >= 15 is 0 Å². The van der Waals surface area contributed by atoms with Crippen LogP contribution in [0, 0.1) is 0 Å². The number of benzene rings is 2. The summed E-state index contributed by atoms with van der Waals surface area (Å²) in [5.41, 5.74) is 1.41. The van der Waals surface area contributed by atoms with Crippen LogP contribution in [-0.4, -0.2) is 30.2 Å². The Hall–Kier alpha value is -3.00. The van der Waals surface area contributed by atoms with Crippen LogP contribution in [-0.2, 0) is 0 Å². The van der Waals surface area contributed by atoms with Gasteiger partial charge in [-0.25, -0.2) is 4.98 Å². The molecule has 0 aliphatic rings. The molecule has 124 valence electrons. The smallest absolute Gasteiger partial charge is 0.258 e. The first-order valence-electron chi connectivity index (χ1n) is 7.72. The lowest BCUT2D eigenvalue weighted by Crippen LogP contribution is -2.13. The second-order valence-corrected chi connectivity index (χ2v) is 6.75. The Morgan fingerprint density at radius 1 is 1.08 bits per heavy atom. The van der Waals surface area contributed by atoms with E-state index in [1.165, 1.54) is 11.8 Å². The Morgan fingerprint density at radius 2 is 1.84 bits per heavy atom. The van der Waals surface area contributed by atoms with Gasteiger partial charge in [0, 0.05) is 0 Å². The van der Waals surface area contributed by atoms with Gasteiger partial charge in [0.25, 0.3) is 5.56 Å². The molecule has 25 heavy (non-hydrogen) atoms. The Balaban J connectivity index is 1.67. The van der Waals surface area contributed by atoms with Gasteiger partial charge >= 0.3 is 0 Å². The molecule has 0 radical (unpaired) electrons. The molecule has 4 rings (SSSR count). The third kappa shape index (κ3) is 3.03. The lowest BCUT2D eigenvalue weighted by molar-refractivity contribution is 0.754. The van der Waals surface area contributed by atoms with Crippen molar-refractivity contribution in [1.29, 1.82) is 0 Å². The minimum absolute atomic E-state index is 0.120. The van der Waals surface area contributed by atoms with Gasteiger partial charge in [-0.1, -0.05) is 42.1 Å². The Labute approximate surface area is 147 Å². The normalized spacial score (nSPS) is 12.4. The number of tetrazole rings is 1. The number of hydrogen-bond acceptors (Lipinski definition) is 6. The van der Waals surface area contributed by atoms with Gasteiger partial charge in [0.1, 0.15) is 5.82 Å². The number of H-pyrrole nitrogens is 1. The maximum atomic E-state index is 12.2. The van der Waals surface area contributed by atoms with E-state index in [1.807, 2.05) is 55.5 Å². The molecular formula is C17H14N6OS. The highest BCUT2D eigenvalue weighted by atomic mass is 32.2. The highest BCUT2D eigenvalue weighted by Crippen LogP contribution is 2.32. The summed E-state index contributed by atoms with van der Waals surface area (Å²) in [6.45, 7) is 1.96. The number of nitrogens with zero attached hydrogens (tertiary/aromatic N) is 5. The molecule has 0 fully saturated rings. The van der Waals surface area contributed by atoms with Crippen molar-refractivity contribution in [3.05, 3.63) is 70.8 Å². The summed E-state index contributed by atoms with van der Waals surface area (Å²) in [4.78, 5) is 19.7. The summed E-state index contributed by atoms with van der Waals surface area (Å²) in [5, 5.41) is 13.0. The molecule has 2 aromatic carbocycles. The van der Waals surface area contributed by atoms with Crippen molar-refractivity contribution in [2.45, 2.75) is 17.3 Å². The summed E-state index contributed by atoms with van der Waals surface area (Å²) in [5.74, 6) is 0.594. The number of rotatable bonds is 4. The van der Waals surface area contributed by atoms with E-state index in [4.69, 9.17) is 0 Å². The molecule has 0 aliphatic heterocycles. The molecule has 0 spiro atoms. The van der Waals surface area contributed by atoms with E-state index in [1.54, 1.807) is 10.7 Å². The predicted molar refractivity (Wildman–Crippen MR) is 95.8 cm³/mol. The molecule has 0 amide bonds. The highest BCUT2D eigenvalue weighted by Gasteiger charge is 2.17. The summed E-state index contributed by atoms with van der Waals surface area (Å²) >= 11 is 1.44. The number of aromatic amines is 1. The molecular weight excluding hydrogens is 336 g/mol. The van der Waals surface area contributed by atoms with Crippen LogP contribution in [0.25, 0.3) is 16.6 Å². The lowest BCUT2D eigenvalue weighted by Gasteiger charge is -2.11. The summed E-state index contributed by atoms with van der Waals surface area (Å²) in [6.07, 6.45) is 0. The second kappa shape index (κ2) is 6.48. The van der Waals surface area contributed by atoms with Crippen LogP contribution in [0.5, 0.6) is 0 Å². The number of nitrogens with one attached hydrogen (secondary N) is 1. The van der Waals surface area contributed by atoms with Gasteiger partial charge in [-0.15, -0.1) is 5.10 Å². The van der Waals surface area contributed by atoms with Crippen molar-refractivity contribution in [3.8, 4) is 5.69 Å². The molecule has 1 atom stereocenters. The van der Waals surface area contributed by atoms with Crippen LogP contribution in [0.1, 0.15) is 18.0 Å². The van der Waals surface area contributed by atoms with Gasteiger partial charge in [-0.05, 0) is 41.6 Å². The van der Waals surface area contributed by atoms with Crippen molar-refractivity contribution in [1.82, 2.24) is 30.2 Å². The summed E-state index contributed by atoms with van der Waals surface area (Å²) in [7, 11) is 0. The Morgan fingerprint density at radius 3 is 2.68 bits per heavy atom. The molecule has 0 aliphatic carbocycles. The molecule has 0 saturated heterocycles. The SMILES string of the molecule is CC(Sc1nnnn1-c1ccccc1)c1nc2ccccc2c(=O)[nH]1. The maximum absolute atomic E-state index is 12.2. The van der Waals surface area contributed by atoms with Crippen molar-refractivity contribution in [2.24, 2.45) is 0 Å². The fourth-order valence-corrected chi connectivity index (χ4v) is 3.36. The van der Waals surface area contributed by atoms with Crippen LogP contribution in [0.15, 0.2) is 64.5 Å². The first-order chi connectivity index (χ1) is 12.2. The first-order valence-corrected chi connectivity index (χ1v) is 8.60. The fraction of sp³-hybridized carbons (Fsp3) is 0.118. The van der Waals surface area contributed by atoms with E-state index in [0.717, 1.165) is 5.69 Å². The molecule has 0 bridgehead atoms. The molecule has 2 heterocycles. The molecule has 1 N–H and O–H groups in total. The molecule has 8 heteroatoms. The van der Waals surface area contributed by atoms with Gasteiger partial charge in [0.05, 0.1) is 21.8 Å². The molecule has 2 aromatic heterocycles. The number of para-hydroxylation sites is 2. The monoisotopic (exact) mass is 350 g/mol. The maximum Gasteiger partial charge on any atom is 0.258 e. The van der Waals surface area contributed by atoms with E-state index in [-0.39, 0.29) is 10.8 Å². The third-order valence-electron chi connectivity index (χ3n) is 3.74. The zero-order chi connectivity index (χ0) is 17.2. The van der Waals surface area contributed by atoms with Gasteiger partial charge in [0.2, 0.25) is 5.16 Å². The number of hydrogen-bond donors (Lipinski definition) is 1. The van der Waals surface area contributed by atoms with Crippen LogP contribution in [0.4, 0.5) is 0 Å². The fourth-order valence-electron chi connectivity index (χ4n) is 2.49. The zero-order valence-corrected chi connectivity index (χ0v) is 14.1.